The Morgan fingerprint density at radius 2 is 1.83 bits per heavy atom. The maximum absolute atomic E-state index is 12.3. The third-order valence-electron chi connectivity index (χ3n) is 3.41. The molecule has 2 aromatic rings. The average molecular weight is 334 g/mol. The van der Waals surface area contributed by atoms with Gasteiger partial charge in [0.25, 0.3) is 0 Å². The van der Waals surface area contributed by atoms with Gasteiger partial charge in [0.15, 0.2) is 11.5 Å². The molecule has 0 atom stereocenters. The number of carbonyl (C=O) groups excluding carboxylic acids is 1. The van der Waals surface area contributed by atoms with E-state index in [1.165, 1.54) is 26.2 Å². The highest BCUT2D eigenvalue weighted by Gasteiger charge is 2.16. The molecule has 0 fully saturated rings. The van der Waals surface area contributed by atoms with Crippen molar-refractivity contribution in [3.05, 3.63) is 29.8 Å². The maximum Gasteiger partial charge on any atom is 0.321 e. The van der Waals surface area contributed by atoms with Crippen molar-refractivity contribution in [3.63, 3.8) is 0 Å². The number of rotatable bonds is 6. The van der Waals surface area contributed by atoms with Gasteiger partial charge in [-0.25, -0.2) is 9.78 Å². The minimum atomic E-state index is -0.279. The average Bonchev–Trinajstić information content (AvgIpc) is 2.98. The summed E-state index contributed by atoms with van der Waals surface area (Å²) in [5, 5.41) is 2.80. The van der Waals surface area contributed by atoms with Crippen molar-refractivity contribution in [3.8, 4) is 17.2 Å². The summed E-state index contributed by atoms with van der Waals surface area (Å²) >= 11 is 0. The summed E-state index contributed by atoms with van der Waals surface area (Å²) in [6.45, 7) is 2.27. The number of nitrogens with zero attached hydrogens (tertiary/aromatic N) is 2. The first-order valence-corrected chi connectivity index (χ1v) is 7.31. The first kappa shape index (κ1) is 17.5. The van der Waals surface area contributed by atoms with Gasteiger partial charge in [-0.1, -0.05) is 0 Å². The number of urea groups is 1. The molecule has 0 aliphatic rings. The summed E-state index contributed by atoms with van der Waals surface area (Å²) in [7, 11) is 6.26. The van der Waals surface area contributed by atoms with Gasteiger partial charge in [0, 0.05) is 31.1 Å². The molecule has 130 valence electrons. The summed E-state index contributed by atoms with van der Waals surface area (Å²) < 4.78 is 15.8. The molecule has 1 heterocycles. The van der Waals surface area contributed by atoms with Gasteiger partial charge in [0.1, 0.15) is 5.82 Å². The number of aromatic nitrogens is 2. The lowest BCUT2D eigenvalue weighted by Crippen LogP contribution is -2.31. The highest BCUT2D eigenvalue weighted by Crippen LogP contribution is 2.39. The number of imidazole rings is 1. The normalized spacial score (nSPS) is 10.2. The van der Waals surface area contributed by atoms with Gasteiger partial charge in [-0.05, 0) is 6.92 Å². The molecular weight excluding hydrogens is 312 g/mol. The van der Waals surface area contributed by atoms with Gasteiger partial charge in [-0.3, -0.25) is 0 Å². The van der Waals surface area contributed by atoms with Crippen LogP contribution in [0.1, 0.15) is 11.5 Å². The standard InChI is InChI=1S/C16H22N4O4/c1-10-8-17-14(18-10)9-20(2)16(21)19-11-6-12(22-3)15(24-5)13(7-11)23-4/h6-8H,9H2,1-5H3,(H,17,18)(H,19,21). The number of hydrogen-bond donors (Lipinski definition) is 2. The number of benzene rings is 1. The Hall–Kier alpha value is -2.90. The second-order valence-corrected chi connectivity index (χ2v) is 5.21. The van der Waals surface area contributed by atoms with Crippen LogP contribution in [-0.2, 0) is 6.54 Å². The van der Waals surface area contributed by atoms with E-state index in [4.69, 9.17) is 14.2 Å². The third kappa shape index (κ3) is 3.89. The SMILES string of the molecule is COc1cc(NC(=O)N(C)Cc2ncc(C)[nH]2)cc(OC)c1OC. The van der Waals surface area contributed by atoms with Crippen LogP contribution in [0.3, 0.4) is 0 Å². The zero-order valence-corrected chi connectivity index (χ0v) is 14.5. The fourth-order valence-electron chi connectivity index (χ4n) is 2.22. The van der Waals surface area contributed by atoms with Crippen LogP contribution in [0, 0.1) is 6.92 Å². The molecule has 0 saturated heterocycles. The second kappa shape index (κ2) is 7.58. The van der Waals surface area contributed by atoms with Crippen molar-refractivity contribution in [2.75, 3.05) is 33.7 Å². The molecule has 24 heavy (non-hydrogen) atoms. The zero-order chi connectivity index (χ0) is 17.7. The Balaban J connectivity index is 2.13. The predicted octanol–water partition coefficient (Wildman–Crippen LogP) is 2.41. The van der Waals surface area contributed by atoms with Crippen molar-refractivity contribution < 1.29 is 19.0 Å². The molecule has 0 bridgehead atoms. The smallest absolute Gasteiger partial charge is 0.321 e. The first-order chi connectivity index (χ1) is 11.5. The molecule has 0 unspecified atom stereocenters. The van der Waals surface area contributed by atoms with Crippen LogP contribution in [0.4, 0.5) is 10.5 Å². The third-order valence-corrected chi connectivity index (χ3v) is 3.41. The van der Waals surface area contributed by atoms with Crippen LogP contribution in [0.15, 0.2) is 18.3 Å². The van der Waals surface area contributed by atoms with Crippen LogP contribution in [0.2, 0.25) is 0 Å². The minimum absolute atomic E-state index is 0.279. The molecule has 0 spiro atoms. The van der Waals surface area contributed by atoms with E-state index in [0.717, 1.165) is 11.5 Å². The van der Waals surface area contributed by atoms with E-state index in [-0.39, 0.29) is 6.03 Å². The van der Waals surface area contributed by atoms with E-state index in [1.54, 1.807) is 25.4 Å². The maximum atomic E-state index is 12.3. The van der Waals surface area contributed by atoms with E-state index >= 15 is 0 Å². The molecule has 8 heteroatoms. The van der Waals surface area contributed by atoms with Crippen LogP contribution < -0.4 is 19.5 Å². The molecule has 1 aromatic heterocycles. The second-order valence-electron chi connectivity index (χ2n) is 5.21. The van der Waals surface area contributed by atoms with E-state index in [1.807, 2.05) is 6.92 Å². The Bertz CT molecular complexity index is 689. The Morgan fingerprint density at radius 3 is 2.29 bits per heavy atom. The van der Waals surface area contributed by atoms with Crippen molar-refractivity contribution in [2.45, 2.75) is 13.5 Å². The van der Waals surface area contributed by atoms with E-state index in [9.17, 15) is 4.79 Å². The molecule has 8 nitrogen and oxygen atoms in total. The van der Waals surface area contributed by atoms with Gasteiger partial charge in [0.05, 0.1) is 33.6 Å². The van der Waals surface area contributed by atoms with Crippen molar-refractivity contribution >= 4 is 11.7 Å². The van der Waals surface area contributed by atoms with E-state index in [2.05, 4.69) is 15.3 Å². The highest BCUT2D eigenvalue weighted by molar-refractivity contribution is 5.90. The summed E-state index contributed by atoms with van der Waals surface area (Å²) in [5.41, 5.74) is 1.49. The number of methoxy groups -OCH3 is 3. The number of nitrogens with one attached hydrogen (secondary N) is 2. The van der Waals surface area contributed by atoms with Crippen LogP contribution in [0.5, 0.6) is 17.2 Å². The Labute approximate surface area is 140 Å². The topological polar surface area (TPSA) is 88.7 Å². The van der Waals surface area contributed by atoms with Gasteiger partial charge in [-0.2, -0.15) is 0 Å². The number of H-pyrrole nitrogens is 1. The summed E-state index contributed by atoms with van der Waals surface area (Å²) in [5.74, 6) is 2.13. The zero-order valence-electron chi connectivity index (χ0n) is 14.5. The molecular formula is C16H22N4O4. The lowest BCUT2D eigenvalue weighted by Gasteiger charge is -2.18. The van der Waals surface area contributed by atoms with E-state index < -0.39 is 0 Å². The van der Waals surface area contributed by atoms with E-state index in [0.29, 0.717) is 29.5 Å². The van der Waals surface area contributed by atoms with Crippen LogP contribution in [0.25, 0.3) is 0 Å². The van der Waals surface area contributed by atoms with Gasteiger partial charge < -0.3 is 29.4 Å². The van der Waals surface area contributed by atoms with Crippen LogP contribution >= 0.6 is 0 Å². The molecule has 2 N–H and O–H groups in total. The first-order valence-electron chi connectivity index (χ1n) is 7.31. The lowest BCUT2D eigenvalue weighted by atomic mass is 10.2. The number of aryl methyl sites for hydroxylation is 1. The quantitative estimate of drug-likeness (QED) is 0.847. The van der Waals surface area contributed by atoms with Crippen molar-refractivity contribution in [1.29, 1.82) is 0 Å². The molecule has 2 amide bonds. The number of anilines is 1. The molecule has 0 saturated carbocycles. The number of amides is 2. The lowest BCUT2D eigenvalue weighted by molar-refractivity contribution is 0.219. The molecule has 0 radical (unpaired) electrons. The van der Waals surface area contributed by atoms with Gasteiger partial charge >= 0.3 is 6.03 Å². The fraction of sp³-hybridized carbons (Fsp3) is 0.375. The minimum Gasteiger partial charge on any atom is -0.493 e. The fourth-order valence-corrected chi connectivity index (χ4v) is 2.22. The van der Waals surface area contributed by atoms with Crippen LogP contribution in [-0.4, -0.2) is 49.3 Å². The number of hydrogen-bond acceptors (Lipinski definition) is 5. The summed E-state index contributed by atoms with van der Waals surface area (Å²) in [6.07, 6.45) is 1.72. The summed E-state index contributed by atoms with van der Waals surface area (Å²) in [4.78, 5) is 21.1. The number of ether oxygens (including phenoxy) is 3. The monoisotopic (exact) mass is 334 g/mol. The molecule has 0 aliphatic heterocycles. The summed E-state index contributed by atoms with van der Waals surface area (Å²) in [6, 6.07) is 3.06. The molecule has 1 aromatic carbocycles. The largest absolute Gasteiger partial charge is 0.493 e. The van der Waals surface area contributed by atoms with Crippen molar-refractivity contribution in [1.82, 2.24) is 14.9 Å². The Morgan fingerprint density at radius 1 is 1.21 bits per heavy atom. The number of carbonyl (C=O) groups is 1. The predicted molar refractivity (Wildman–Crippen MR) is 89.9 cm³/mol. The Kier molecular flexibility index (Phi) is 5.51. The van der Waals surface area contributed by atoms with Gasteiger partial charge in [0.2, 0.25) is 5.75 Å². The molecule has 2 rings (SSSR count). The van der Waals surface area contributed by atoms with Crippen molar-refractivity contribution in [2.24, 2.45) is 0 Å². The number of aromatic amines is 1. The highest BCUT2D eigenvalue weighted by atomic mass is 16.5. The molecule has 0 aliphatic carbocycles. The van der Waals surface area contributed by atoms with Gasteiger partial charge in [-0.15, -0.1) is 0 Å².